The monoisotopic (exact) mass is 293 g/mol. The number of carboxylic acids is 1. The van der Waals surface area contributed by atoms with Gasteiger partial charge in [-0.3, -0.25) is 0 Å². The normalized spacial score (nSPS) is 15.4. The molecule has 0 saturated heterocycles. The molecule has 0 aromatic heterocycles. The number of alkyl halides is 3. The van der Waals surface area contributed by atoms with E-state index in [0.29, 0.717) is 11.3 Å². The molecule has 2 N–H and O–H groups in total. The highest BCUT2D eigenvalue weighted by Crippen LogP contribution is 2.31. The lowest BCUT2D eigenvalue weighted by Gasteiger charge is -2.24. The van der Waals surface area contributed by atoms with Gasteiger partial charge >= 0.3 is 5.97 Å². The van der Waals surface area contributed by atoms with Gasteiger partial charge in [0.1, 0.15) is 0 Å². The number of fused-ring (bicyclic) bond motifs is 1. The first-order chi connectivity index (χ1) is 8.50. The minimum absolute atomic E-state index is 0. The standard InChI is InChI=1S/C12H10F3NO2.ClH/c13-9(11(14)15)10-7(12(17)18)5-6-3-1-2-4-8(6)16-10;/h1-4,9,11,16H,5H2,(H,17,18);1H. The van der Waals surface area contributed by atoms with E-state index in [4.69, 9.17) is 5.11 Å². The van der Waals surface area contributed by atoms with Crippen LogP contribution in [0.5, 0.6) is 0 Å². The summed E-state index contributed by atoms with van der Waals surface area (Å²) in [5, 5.41) is 11.4. The van der Waals surface area contributed by atoms with Gasteiger partial charge in [-0.25, -0.2) is 18.0 Å². The van der Waals surface area contributed by atoms with Crippen molar-refractivity contribution in [3.05, 3.63) is 41.1 Å². The van der Waals surface area contributed by atoms with Gasteiger partial charge < -0.3 is 10.4 Å². The average molecular weight is 294 g/mol. The molecule has 0 saturated carbocycles. The molecule has 3 nitrogen and oxygen atoms in total. The number of allylic oxidation sites excluding steroid dienone is 1. The number of carboxylic acid groups (broad SMARTS) is 1. The molecule has 0 bridgehead atoms. The predicted octanol–water partition coefficient (Wildman–Crippen LogP) is 3.02. The van der Waals surface area contributed by atoms with Crippen LogP contribution in [0.4, 0.5) is 18.9 Å². The number of aliphatic carboxylic acids is 1. The summed E-state index contributed by atoms with van der Waals surface area (Å²) in [4.78, 5) is 11.0. The maximum atomic E-state index is 13.4. The van der Waals surface area contributed by atoms with Crippen molar-refractivity contribution in [1.82, 2.24) is 0 Å². The number of hydrogen-bond acceptors (Lipinski definition) is 2. The Hall–Kier alpha value is -1.69. The highest BCUT2D eigenvalue weighted by Gasteiger charge is 2.32. The van der Waals surface area contributed by atoms with Crippen LogP contribution in [-0.2, 0) is 11.2 Å². The van der Waals surface area contributed by atoms with Crippen molar-refractivity contribution in [2.45, 2.75) is 19.0 Å². The van der Waals surface area contributed by atoms with Gasteiger partial charge in [-0.2, -0.15) is 0 Å². The molecule has 0 fully saturated rings. The summed E-state index contributed by atoms with van der Waals surface area (Å²) in [5.41, 5.74) is 0.179. The van der Waals surface area contributed by atoms with Crippen molar-refractivity contribution in [2.75, 3.05) is 5.32 Å². The number of hydrogen-bond donors (Lipinski definition) is 2. The van der Waals surface area contributed by atoms with Crippen LogP contribution in [0.3, 0.4) is 0 Å². The number of anilines is 1. The maximum absolute atomic E-state index is 13.4. The third kappa shape index (κ3) is 3.01. The average Bonchev–Trinajstić information content (AvgIpc) is 2.36. The Kier molecular flexibility index (Phi) is 4.83. The van der Waals surface area contributed by atoms with Crippen LogP contribution in [0.2, 0.25) is 0 Å². The molecule has 0 amide bonds. The summed E-state index contributed by atoms with van der Waals surface area (Å²) in [7, 11) is 0. The molecule has 1 heterocycles. The fraction of sp³-hybridized carbons (Fsp3) is 0.250. The van der Waals surface area contributed by atoms with Crippen molar-refractivity contribution in [2.24, 2.45) is 0 Å². The Labute approximate surface area is 113 Å². The van der Waals surface area contributed by atoms with E-state index in [0.717, 1.165) is 0 Å². The third-order valence-corrected chi connectivity index (χ3v) is 2.73. The van der Waals surface area contributed by atoms with E-state index < -0.39 is 24.3 Å². The molecule has 0 aliphatic carbocycles. The van der Waals surface area contributed by atoms with Crippen molar-refractivity contribution in [3.63, 3.8) is 0 Å². The summed E-state index contributed by atoms with van der Waals surface area (Å²) in [6.45, 7) is 0. The van der Waals surface area contributed by atoms with Gasteiger partial charge in [-0.05, 0) is 11.6 Å². The number of rotatable bonds is 3. The van der Waals surface area contributed by atoms with Crippen LogP contribution >= 0.6 is 12.4 Å². The second-order valence-electron chi connectivity index (χ2n) is 3.89. The molecule has 1 aliphatic heterocycles. The molecule has 2 rings (SSSR count). The number of carbonyl (C=O) groups is 1. The molecule has 7 heteroatoms. The number of halogens is 4. The topological polar surface area (TPSA) is 49.3 Å². The van der Waals surface area contributed by atoms with Crippen molar-refractivity contribution in [1.29, 1.82) is 0 Å². The zero-order chi connectivity index (χ0) is 13.3. The quantitative estimate of drug-likeness (QED) is 0.900. The van der Waals surface area contributed by atoms with Crippen LogP contribution in [-0.4, -0.2) is 23.7 Å². The Balaban J connectivity index is 0.00000180. The van der Waals surface area contributed by atoms with Crippen LogP contribution in [0, 0.1) is 0 Å². The van der Waals surface area contributed by atoms with Crippen LogP contribution in [0.15, 0.2) is 35.5 Å². The minimum Gasteiger partial charge on any atom is -0.478 e. The summed E-state index contributed by atoms with van der Waals surface area (Å²) < 4.78 is 38.1. The van der Waals surface area contributed by atoms with E-state index in [-0.39, 0.29) is 24.4 Å². The lowest BCUT2D eigenvalue weighted by atomic mass is 9.96. The van der Waals surface area contributed by atoms with E-state index in [9.17, 15) is 18.0 Å². The smallest absolute Gasteiger partial charge is 0.333 e. The highest BCUT2D eigenvalue weighted by atomic mass is 35.5. The lowest BCUT2D eigenvalue weighted by Crippen LogP contribution is -2.28. The highest BCUT2D eigenvalue weighted by molar-refractivity contribution is 5.90. The van der Waals surface area contributed by atoms with Gasteiger partial charge in [0, 0.05) is 12.1 Å². The molecule has 1 aliphatic rings. The number of benzene rings is 1. The first kappa shape index (κ1) is 15.4. The molecule has 19 heavy (non-hydrogen) atoms. The van der Waals surface area contributed by atoms with Crippen LogP contribution in [0.1, 0.15) is 5.56 Å². The van der Waals surface area contributed by atoms with Gasteiger partial charge in [-0.15, -0.1) is 12.4 Å². The molecule has 0 spiro atoms. The second kappa shape index (κ2) is 5.97. The van der Waals surface area contributed by atoms with Crippen molar-refractivity contribution in [3.8, 4) is 0 Å². The largest absolute Gasteiger partial charge is 0.478 e. The lowest BCUT2D eigenvalue weighted by molar-refractivity contribution is -0.132. The predicted molar refractivity (Wildman–Crippen MR) is 66.6 cm³/mol. The van der Waals surface area contributed by atoms with Gasteiger partial charge in [0.25, 0.3) is 6.43 Å². The van der Waals surface area contributed by atoms with Gasteiger partial charge in [0.05, 0.1) is 11.3 Å². The molecule has 1 unspecified atom stereocenters. The fourth-order valence-electron chi connectivity index (χ4n) is 1.85. The molecular formula is C12H11ClF3NO2. The molecule has 1 aromatic rings. The minimum atomic E-state index is -3.26. The summed E-state index contributed by atoms with van der Waals surface area (Å²) >= 11 is 0. The SMILES string of the molecule is Cl.O=C(O)C1=C(C(F)C(F)F)Nc2ccccc2C1. The first-order valence-electron chi connectivity index (χ1n) is 5.24. The molecule has 1 aromatic carbocycles. The van der Waals surface area contributed by atoms with Crippen molar-refractivity contribution < 1.29 is 23.1 Å². The molecular weight excluding hydrogens is 283 g/mol. The Bertz CT molecular complexity index is 519. The zero-order valence-electron chi connectivity index (χ0n) is 9.57. The summed E-state index contributed by atoms with van der Waals surface area (Å²) in [6, 6.07) is 6.61. The first-order valence-corrected chi connectivity index (χ1v) is 5.24. The van der Waals surface area contributed by atoms with Gasteiger partial charge in [0.15, 0.2) is 0 Å². The Morgan fingerprint density at radius 3 is 2.47 bits per heavy atom. The summed E-state index contributed by atoms with van der Waals surface area (Å²) in [5.74, 6) is -1.39. The second-order valence-corrected chi connectivity index (χ2v) is 3.89. The molecule has 0 radical (unpaired) electrons. The zero-order valence-corrected chi connectivity index (χ0v) is 10.4. The Morgan fingerprint density at radius 2 is 1.89 bits per heavy atom. The van der Waals surface area contributed by atoms with E-state index in [2.05, 4.69) is 5.32 Å². The summed E-state index contributed by atoms with van der Waals surface area (Å²) in [6.07, 6.45) is -5.95. The third-order valence-electron chi connectivity index (χ3n) is 2.73. The van der Waals surface area contributed by atoms with E-state index in [1.165, 1.54) is 0 Å². The van der Waals surface area contributed by atoms with Crippen molar-refractivity contribution >= 4 is 24.1 Å². The van der Waals surface area contributed by atoms with Gasteiger partial charge in [-0.1, -0.05) is 18.2 Å². The fourth-order valence-corrected chi connectivity index (χ4v) is 1.85. The Morgan fingerprint density at radius 1 is 1.26 bits per heavy atom. The number of nitrogens with one attached hydrogen (secondary N) is 1. The van der Waals surface area contributed by atoms with Gasteiger partial charge in [0.2, 0.25) is 6.17 Å². The van der Waals surface area contributed by atoms with E-state index >= 15 is 0 Å². The van der Waals surface area contributed by atoms with Crippen LogP contribution < -0.4 is 5.32 Å². The van der Waals surface area contributed by atoms with E-state index in [1.54, 1.807) is 24.3 Å². The maximum Gasteiger partial charge on any atom is 0.333 e. The number of para-hydroxylation sites is 1. The van der Waals surface area contributed by atoms with Crippen LogP contribution in [0.25, 0.3) is 0 Å². The van der Waals surface area contributed by atoms with E-state index in [1.807, 2.05) is 0 Å². The molecule has 1 atom stereocenters. The molecule has 104 valence electrons.